The minimum atomic E-state index is -0.594. The van der Waals surface area contributed by atoms with Crippen molar-refractivity contribution in [3.63, 3.8) is 0 Å². The minimum absolute atomic E-state index is 0.0374. The molecule has 0 radical (unpaired) electrons. The molecule has 1 aliphatic heterocycles. The number of nitriles is 1. The van der Waals surface area contributed by atoms with Crippen molar-refractivity contribution in [3.05, 3.63) is 105 Å². The Labute approximate surface area is 215 Å². The maximum absolute atomic E-state index is 13.1. The molecule has 4 aromatic rings. The highest BCUT2D eigenvalue weighted by atomic mass is 16.5. The molecule has 6 nitrogen and oxygen atoms in total. The first-order chi connectivity index (χ1) is 17.7. The Morgan fingerprint density at radius 2 is 1.76 bits per heavy atom. The number of benzene rings is 3. The first-order valence-corrected chi connectivity index (χ1v) is 12.2. The molecule has 37 heavy (non-hydrogen) atoms. The number of fused-ring (bicyclic) bond motifs is 2. The van der Waals surface area contributed by atoms with Crippen molar-refractivity contribution in [1.29, 1.82) is 5.26 Å². The number of furan rings is 1. The van der Waals surface area contributed by atoms with Crippen LogP contribution < -0.4 is 15.2 Å². The van der Waals surface area contributed by atoms with Gasteiger partial charge in [-0.25, -0.2) is 4.79 Å². The molecule has 0 amide bonds. The Balaban J connectivity index is 1.48. The Morgan fingerprint density at radius 1 is 1.03 bits per heavy atom. The van der Waals surface area contributed by atoms with E-state index in [-0.39, 0.29) is 17.6 Å². The monoisotopic (exact) mass is 492 g/mol. The average molecular weight is 493 g/mol. The van der Waals surface area contributed by atoms with E-state index in [2.05, 4.69) is 32.0 Å². The molecular weight excluding hydrogens is 464 g/mol. The lowest BCUT2D eigenvalue weighted by Gasteiger charge is -2.27. The first-order valence-electron chi connectivity index (χ1n) is 12.2. The minimum Gasteiger partial charge on any atom is -0.448 e. The van der Waals surface area contributed by atoms with Crippen LogP contribution in [0.25, 0.3) is 11.0 Å². The van der Waals surface area contributed by atoms with E-state index < -0.39 is 5.97 Å². The van der Waals surface area contributed by atoms with Crippen LogP contribution in [0.2, 0.25) is 0 Å². The Kier molecular flexibility index (Phi) is 6.01. The number of nitrogens with two attached hydrogens (primary N) is 1. The van der Waals surface area contributed by atoms with Gasteiger partial charge in [0.1, 0.15) is 28.7 Å². The van der Waals surface area contributed by atoms with Crippen LogP contribution in [-0.2, 0) is 0 Å². The van der Waals surface area contributed by atoms with Crippen LogP contribution in [-0.4, -0.2) is 5.97 Å². The first kappa shape index (κ1) is 24.2. The lowest BCUT2D eigenvalue weighted by molar-refractivity contribution is 0.0702. The van der Waals surface area contributed by atoms with Crippen LogP contribution in [0.3, 0.4) is 0 Å². The van der Waals surface area contributed by atoms with E-state index in [0.29, 0.717) is 28.6 Å². The molecule has 1 atom stereocenters. The summed E-state index contributed by atoms with van der Waals surface area (Å²) in [6, 6.07) is 19.5. The average Bonchev–Trinajstić information content (AvgIpc) is 3.22. The van der Waals surface area contributed by atoms with Gasteiger partial charge in [-0.1, -0.05) is 56.3 Å². The number of allylic oxidation sites excluding steroid dienone is 1. The molecule has 1 aliphatic rings. The SMILES string of the molecule is Cc1ccc2c(C)c(C(=O)Oc3ccc4c(c3)OC(N)=C(C#N)C4c3ccc(C(C)C)cc3)oc2c1C. The third-order valence-corrected chi connectivity index (χ3v) is 7.15. The molecule has 6 heteroatoms. The Hall–Kier alpha value is -4.50. The van der Waals surface area contributed by atoms with E-state index >= 15 is 0 Å². The van der Waals surface area contributed by atoms with Crippen molar-refractivity contribution >= 4 is 16.9 Å². The van der Waals surface area contributed by atoms with Crippen molar-refractivity contribution in [1.82, 2.24) is 0 Å². The lowest BCUT2D eigenvalue weighted by Crippen LogP contribution is -2.21. The molecule has 0 aliphatic carbocycles. The molecule has 1 unspecified atom stereocenters. The van der Waals surface area contributed by atoms with Crippen molar-refractivity contribution in [3.8, 4) is 17.6 Å². The molecule has 2 heterocycles. The molecule has 0 bridgehead atoms. The van der Waals surface area contributed by atoms with Gasteiger partial charge in [0, 0.05) is 22.6 Å². The molecule has 2 N–H and O–H groups in total. The summed E-state index contributed by atoms with van der Waals surface area (Å²) in [5.74, 6) is 0.345. The second-order valence-corrected chi connectivity index (χ2v) is 9.78. The van der Waals surface area contributed by atoms with E-state index in [4.69, 9.17) is 19.6 Å². The van der Waals surface area contributed by atoms with Gasteiger partial charge in [0.15, 0.2) is 0 Å². The zero-order valence-corrected chi connectivity index (χ0v) is 21.5. The summed E-state index contributed by atoms with van der Waals surface area (Å²) in [5.41, 5.74) is 12.9. The number of hydrogen-bond acceptors (Lipinski definition) is 6. The summed E-state index contributed by atoms with van der Waals surface area (Å²) in [5, 5.41) is 10.7. The van der Waals surface area contributed by atoms with E-state index in [1.54, 1.807) is 12.1 Å². The summed E-state index contributed by atoms with van der Waals surface area (Å²) in [6.07, 6.45) is 0. The van der Waals surface area contributed by atoms with Crippen LogP contribution in [0.15, 0.2) is 70.5 Å². The fourth-order valence-electron chi connectivity index (χ4n) is 4.78. The van der Waals surface area contributed by atoms with Crippen LogP contribution in [0.5, 0.6) is 11.5 Å². The summed E-state index contributed by atoms with van der Waals surface area (Å²) in [6.45, 7) is 10.1. The maximum Gasteiger partial charge on any atom is 0.379 e. The molecule has 1 aromatic heterocycles. The lowest BCUT2D eigenvalue weighted by atomic mass is 9.83. The molecule has 3 aromatic carbocycles. The van der Waals surface area contributed by atoms with Gasteiger partial charge in [-0.05, 0) is 55.0 Å². The van der Waals surface area contributed by atoms with Gasteiger partial charge in [0.2, 0.25) is 11.6 Å². The number of nitrogens with zero attached hydrogens (tertiary/aromatic N) is 1. The highest BCUT2D eigenvalue weighted by molar-refractivity contribution is 5.97. The van der Waals surface area contributed by atoms with Crippen molar-refractivity contribution < 1.29 is 18.7 Å². The number of ether oxygens (including phenoxy) is 2. The standard InChI is InChI=1S/C31H28N2O4/c1-16(2)20-7-9-21(10-8-20)27-24-13-11-22(14-26(24)36-30(33)25(27)15-32)35-31(34)29-19(5)23-12-6-17(3)18(4)28(23)37-29/h6-14,16,27H,33H2,1-5H3. The smallest absolute Gasteiger partial charge is 0.379 e. The maximum atomic E-state index is 13.1. The van der Waals surface area contributed by atoms with Gasteiger partial charge in [-0.2, -0.15) is 5.26 Å². The molecule has 0 spiro atoms. The highest BCUT2D eigenvalue weighted by Gasteiger charge is 2.31. The predicted molar refractivity (Wildman–Crippen MR) is 142 cm³/mol. The number of esters is 1. The van der Waals surface area contributed by atoms with Crippen molar-refractivity contribution in [2.75, 3.05) is 0 Å². The van der Waals surface area contributed by atoms with Crippen LogP contribution in [0.1, 0.15) is 69.6 Å². The van der Waals surface area contributed by atoms with Gasteiger partial charge >= 0.3 is 5.97 Å². The summed E-state index contributed by atoms with van der Waals surface area (Å²) < 4.78 is 17.4. The third kappa shape index (κ3) is 4.13. The number of rotatable bonds is 4. The fraction of sp³-hybridized carbons (Fsp3) is 0.226. The Bertz CT molecular complexity index is 1620. The van der Waals surface area contributed by atoms with Gasteiger partial charge in [0.05, 0.1) is 5.92 Å². The normalized spacial score (nSPS) is 14.9. The van der Waals surface area contributed by atoms with E-state index in [0.717, 1.165) is 33.2 Å². The summed E-state index contributed by atoms with van der Waals surface area (Å²) in [7, 11) is 0. The second kappa shape index (κ2) is 9.18. The van der Waals surface area contributed by atoms with Gasteiger partial charge < -0.3 is 19.6 Å². The molecule has 0 saturated carbocycles. The second-order valence-electron chi connectivity index (χ2n) is 9.78. The summed E-state index contributed by atoms with van der Waals surface area (Å²) >= 11 is 0. The van der Waals surface area contributed by atoms with Gasteiger partial charge in [0.25, 0.3) is 0 Å². The highest BCUT2D eigenvalue weighted by Crippen LogP contribution is 2.43. The van der Waals surface area contributed by atoms with E-state index in [1.165, 1.54) is 5.56 Å². The van der Waals surface area contributed by atoms with E-state index in [9.17, 15) is 10.1 Å². The van der Waals surface area contributed by atoms with Crippen LogP contribution in [0, 0.1) is 32.1 Å². The van der Waals surface area contributed by atoms with Crippen LogP contribution in [0.4, 0.5) is 0 Å². The number of carbonyl (C=O) groups is 1. The van der Waals surface area contributed by atoms with Gasteiger partial charge in [-0.3, -0.25) is 0 Å². The van der Waals surface area contributed by atoms with Gasteiger partial charge in [-0.15, -0.1) is 0 Å². The number of hydrogen-bond donors (Lipinski definition) is 1. The number of carbonyl (C=O) groups excluding carboxylic acids is 1. The Morgan fingerprint density at radius 3 is 2.43 bits per heavy atom. The van der Waals surface area contributed by atoms with Crippen molar-refractivity contribution in [2.45, 2.75) is 46.5 Å². The quantitative estimate of drug-likeness (QED) is 0.245. The third-order valence-electron chi connectivity index (χ3n) is 7.15. The fourth-order valence-corrected chi connectivity index (χ4v) is 4.78. The number of aryl methyl sites for hydroxylation is 3. The zero-order valence-electron chi connectivity index (χ0n) is 21.5. The molecule has 5 rings (SSSR count). The molecule has 186 valence electrons. The van der Waals surface area contributed by atoms with E-state index in [1.807, 2.05) is 51.1 Å². The topological polar surface area (TPSA) is 98.5 Å². The summed E-state index contributed by atoms with van der Waals surface area (Å²) in [4.78, 5) is 13.1. The van der Waals surface area contributed by atoms with Crippen LogP contribution >= 0.6 is 0 Å². The molecule has 0 fully saturated rings. The predicted octanol–water partition coefficient (Wildman–Crippen LogP) is 6.92. The van der Waals surface area contributed by atoms with Crippen molar-refractivity contribution in [2.24, 2.45) is 5.73 Å². The largest absolute Gasteiger partial charge is 0.448 e. The molecule has 0 saturated heterocycles. The molecular formula is C31H28N2O4. The zero-order chi connectivity index (χ0) is 26.4.